The normalized spacial score (nSPS) is 23.0. The van der Waals surface area contributed by atoms with E-state index in [0.29, 0.717) is 10.4 Å². The van der Waals surface area contributed by atoms with E-state index in [2.05, 4.69) is 60.1 Å². The molecule has 2 bridgehead atoms. The van der Waals surface area contributed by atoms with Gasteiger partial charge in [-0.15, -0.1) is 0 Å². The molecule has 1 saturated carbocycles. The van der Waals surface area contributed by atoms with Crippen LogP contribution in [0.2, 0.25) is 5.02 Å². The Balaban J connectivity index is 1.13. The number of carbonyl (C=O) groups is 1. The number of amides is 1. The van der Waals surface area contributed by atoms with Gasteiger partial charge in [0.2, 0.25) is 0 Å². The van der Waals surface area contributed by atoms with Crippen molar-refractivity contribution in [3.8, 4) is 0 Å². The van der Waals surface area contributed by atoms with Crippen LogP contribution in [-0.4, -0.2) is 73.0 Å². The van der Waals surface area contributed by atoms with Crippen LogP contribution in [0.5, 0.6) is 0 Å². The number of rotatable bonds is 10. The van der Waals surface area contributed by atoms with E-state index in [1.165, 1.54) is 24.8 Å². The first-order chi connectivity index (χ1) is 17.9. The van der Waals surface area contributed by atoms with Crippen molar-refractivity contribution in [2.24, 2.45) is 17.3 Å². The van der Waals surface area contributed by atoms with Gasteiger partial charge >= 0.3 is 0 Å². The monoisotopic (exact) mass is 519 g/mol. The third-order valence-electron chi connectivity index (χ3n) is 9.25. The van der Waals surface area contributed by atoms with Gasteiger partial charge in [0.25, 0.3) is 5.91 Å². The lowest BCUT2D eigenvalue weighted by Gasteiger charge is -2.57. The topological polar surface area (TPSA) is 26.8 Å². The second-order valence-electron chi connectivity index (χ2n) is 11.8. The Bertz CT molecular complexity index is 1070. The molecule has 6 rings (SSSR count). The largest absolute Gasteiger partial charge is 0.336 e. The van der Waals surface area contributed by atoms with Gasteiger partial charge in [-0.05, 0) is 79.3 Å². The molecule has 1 amide bonds. The lowest BCUT2D eigenvalue weighted by Crippen LogP contribution is -2.51. The van der Waals surface area contributed by atoms with Gasteiger partial charge in [0.15, 0.2) is 0 Å². The molecule has 5 heteroatoms. The van der Waals surface area contributed by atoms with Gasteiger partial charge in [0, 0.05) is 56.4 Å². The molecule has 2 aromatic rings. The standard InChI is InChI=1S/C32H42ClN3O/c1-32(2)28-13-10-27(30(32)23-28)24-35(16-6-9-25-7-4-3-5-8-25)18-17-34-19-21-36(22-20-34)31(37)26-11-14-29(33)15-12-26/h3-5,7-8,10-12,14-15,28,30H,6,9,13,16-24H2,1-2H3. The van der Waals surface area contributed by atoms with Crippen molar-refractivity contribution in [1.82, 2.24) is 14.7 Å². The number of piperazine rings is 1. The second kappa shape index (κ2) is 11.7. The van der Waals surface area contributed by atoms with Gasteiger partial charge in [0.05, 0.1) is 0 Å². The molecule has 2 fully saturated rings. The summed E-state index contributed by atoms with van der Waals surface area (Å²) >= 11 is 5.99. The molecule has 0 N–H and O–H groups in total. The summed E-state index contributed by atoms with van der Waals surface area (Å²) in [5, 5.41) is 0.666. The summed E-state index contributed by atoms with van der Waals surface area (Å²) in [5.41, 5.74) is 4.32. The van der Waals surface area contributed by atoms with Crippen LogP contribution in [0, 0.1) is 17.3 Å². The summed E-state index contributed by atoms with van der Waals surface area (Å²) < 4.78 is 0. The van der Waals surface area contributed by atoms with Crippen molar-refractivity contribution in [2.75, 3.05) is 52.4 Å². The van der Waals surface area contributed by atoms with Crippen LogP contribution in [0.15, 0.2) is 66.2 Å². The van der Waals surface area contributed by atoms with E-state index in [1.807, 2.05) is 17.0 Å². The first-order valence-electron chi connectivity index (χ1n) is 14.1. The van der Waals surface area contributed by atoms with Crippen molar-refractivity contribution >= 4 is 17.5 Å². The summed E-state index contributed by atoms with van der Waals surface area (Å²) in [6, 6.07) is 18.1. The zero-order valence-electron chi connectivity index (χ0n) is 22.5. The molecule has 198 valence electrons. The molecule has 3 aliphatic carbocycles. The molecule has 4 aliphatic rings. The number of carbonyl (C=O) groups excluding carboxylic acids is 1. The third-order valence-corrected chi connectivity index (χ3v) is 9.51. The molecule has 1 aliphatic heterocycles. The molecule has 37 heavy (non-hydrogen) atoms. The third kappa shape index (κ3) is 6.30. The Morgan fingerprint density at radius 1 is 1.00 bits per heavy atom. The van der Waals surface area contributed by atoms with E-state index in [-0.39, 0.29) is 5.91 Å². The maximum Gasteiger partial charge on any atom is 0.253 e. The Morgan fingerprint density at radius 2 is 1.73 bits per heavy atom. The minimum absolute atomic E-state index is 0.115. The SMILES string of the molecule is CC1(C)C2CC=C(CN(CCCc3ccccc3)CCN3CCN(C(=O)c4ccc(Cl)cc4)CC3)C1C2. The molecule has 2 unspecified atom stereocenters. The average Bonchev–Trinajstić information content (AvgIpc) is 2.92. The Kier molecular flexibility index (Phi) is 8.38. The molecule has 1 saturated heterocycles. The summed E-state index contributed by atoms with van der Waals surface area (Å²) in [6.07, 6.45) is 7.55. The number of benzene rings is 2. The highest BCUT2D eigenvalue weighted by molar-refractivity contribution is 6.30. The number of allylic oxidation sites excluding steroid dienone is 1. The quantitative estimate of drug-likeness (QED) is 0.359. The van der Waals surface area contributed by atoms with Gasteiger partial charge < -0.3 is 4.90 Å². The van der Waals surface area contributed by atoms with Gasteiger partial charge in [0.1, 0.15) is 0 Å². The number of halogens is 1. The summed E-state index contributed by atoms with van der Waals surface area (Å²) in [7, 11) is 0. The first-order valence-corrected chi connectivity index (χ1v) is 14.5. The van der Waals surface area contributed by atoms with E-state index in [4.69, 9.17) is 11.6 Å². The van der Waals surface area contributed by atoms with Crippen molar-refractivity contribution in [1.29, 1.82) is 0 Å². The molecule has 2 atom stereocenters. The summed E-state index contributed by atoms with van der Waals surface area (Å²) in [4.78, 5) is 20.1. The van der Waals surface area contributed by atoms with Crippen molar-refractivity contribution in [3.05, 3.63) is 82.4 Å². The predicted octanol–water partition coefficient (Wildman–Crippen LogP) is 6.03. The molecular formula is C32H42ClN3O. The number of hydrogen-bond donors (Lipinski definition) is 0. The molecular weight excluding hydrogens is 478 g/mol. The zero-order chi connectivity index (χ0) is 25.8. The molecule has 4 nitrogen and oxygen atoms in total. The lowest BCUT2D eigenvalue weighted by atomic mass is 9.49. The Hall–Kier alpha value is -2.14. The fourth-order valence-corrected chi connectivity index (χ4v) is 6.69. The molecule has 0 radical (unpaired) electrons. The summed E-state index contributed by atoms with van der Waals surface area (Å²) in [6.45, 7) is 12.8. The van der Waals surface area contributed by atoms with E-state index in [9.17, 15) is 4.79 Å². The number of fused-ring (bicyclic) bond motifs is 1. The maximum absolute atomic E-state index is 12.9. The highest BCUT2D eigenvalue weighted by Gasteiger charge is 2.51. The maximum atomic E-state index is 12.9. The van der Waals surface area contributed by atoms with Gasteiger partial charge in [-0.3, -0.25) is 14.6 Å². The van der Waals surface area contributed by atoms with Crippen LogP contribution >= 0.6 is 11.6 Å². The smallest absolute Gasteiger partial charge is 0.253 e. The zero-order valence-corrected chi connectivity index (χ0v) is 23.3. The van der Waals surface area contributed by atoms with Crippen molar-refractivity contribution < 1.29 is 4.79 Å². The van der Waals surface area contributed by atoms with Gasteiger partial charge in [-0.25, -0.2) is 0 Å². The van der Waals surface area contributed by atoms with Crippen LogP contribution in [0.1, 0.15) is 49.0 Å². The van der Waals surface area contributed by atoms with E-state index in [0.717, 1.165) is 76.2 Å². The number of hydrogen-bond acceptors (Lipinski definition) is 3. The molecule has 2 aromatic carbocycles. The number of aryl methyl sites for hydroxylation is 1. The average molecular weight is 520 g/mol. The summed E-state index contributed by atoms with van der Waals surface area (Å²) in [5.74, 6) is 1.77. The van der Waals surface area contributed by atoms with E-state index < -0.39 is 0 Å². The van der Waals surface area contributed by atoms with Crippen LogP contribution < -0.4 is 0 Å². The molecule has 1 heterocycles. The second-order valence-corrected chi connectivity index (χ2v) is 12.3. The Labute approximate surface area is 228 Å². The molecule has 0 aromatic heterocycles. The van der Waals surface area contributed by atoms with E-state index >= 15 is 0 Å². The Morgan fingerprint density at radius 3 is 2.41 bits per heavy atom. The van der Waals surface area contributed by atoms with Crippen LogP contribution in [0.4, 0.5) is 0 Å². The van der Waals surface area contributed by atoms with Crippen LogP contribution in [-0.2, 0) is 6.42 Å². The first kappa shape index (κ1) is 26.5. The van der Waals surface area contributed by atoms with Crippen molar-refractivity contribution in [2.45, 2.75) is 39.5 Å². The highest BCUT2D eigenvalue weighted by atomic mass is 35.5. The van der Waals surface area contributed by atoms with Crippen LogP contribution in [0.25, 0.3) is 0 Å². The fraction of sp³-hybridized carbons (Fsp3) is 0.531. The lowest BCUT2D eigenvalue weighted by molar-refractivity contribution is -0.0110. The number of nitrogens with zero attached hydrogens (tertiary/aromatic N) is 3. The predicted molar refractivity (Wildman–Crippen MR) is 153 cm³/mol. The molecule has 0 spiro atoms. The highest BCUT2D eigenvalue weighted by Crippen LogP contribution is 2.59. The van der Waals surface area contributed by atoms with Gasteiger partial charge in [-0.2, -0.15) is 0 Å². The minimum atomic E-state index is 0.115. The van der Waals surface area contributed by atoms with Gasteiger partial charge in [-0.1, -0.05) is 67.4 Å². The fourth-order valence-electron chi connectivity index (χ4n) is 6.57. The minimum Gasteiger partial charge on any atom is -0.336 e. The van der Waals surface area contributed by atoms with E-state index in [1.54, 1.807) is 17.7 Å². The van der Waals surface area contributed by atoms with Crippen LogP contribution in [0.3, 0.4) is 0 Å². The van der Waals surface area contributed by atoms with Crippen molar-refractivity contribution in [3.63, 3.8) is 0 Å².